The molecule has 0 aromatic heterocycles. The van der Waals surface area contributed by atoms with Crippen LogP contribution in [0.4, 0.5) is 0 Å². The summed E-state index contributed by atoms with van der Waals surface area (Å²) in [4.78, 5) is 0. The molecule has 0 heterocycles. The zero-order chi connectivity index (χ0) is 14.7. The van der Waals surface area contributed by atoms with E-state index in [1.54, 1.807) is 0 Å². The molecule has 1 heteroatoms. The summed E-state index contributed by atoms with van der Waals surface area (Å²) in [5.41, 5.74) is 2.98. The summed E-state index contributed by atoms with van der Waals surface area (Å²) < 4.78 is 0. The smallest absolute Gasteiger partial charge is 0.100 e. The van der Waals surface area contributed by atoms with Crippen molar-refractivity contribution in [1.29, 1.82) is 0 Å². The Kier molecular flexibility index (Phi) is 3.85. The summed E-state index contributed by atoms with van der Waals surface area (Å²) in [6.07, 6.45) is 1.45. The number of benzene rings is 3. The number of hydrogen-bond acceptors (Lipinski definition) is 1. The third-order valence-corrected chi connectivity index (χ3v) is 3.71. The van der Waals surface area contributed by atoms with Crippen molar-refractivity contribution in [2.24, 2.45) is 0 Å². The van der Waals surface area contributed by atoms with E-state index in [2.05, 4.69) is 24.3 Å². The second-order valence-electron chi connectivity index (χ2n) is 5.31. The number of fused-ring (bicyclic) bond motifs is 1. The van der Waals surface area contributed by atoms with E-state index in [-0.39, 0.29) is 0 Å². The lowest BCUT2D eigenvalue weighted by atomic mass is 9.98. The molecule has 0 radical (unpaired) electrons. The fraction of sp³-hybridized carbons (Fsp3) is 0.100. The maximum atomic E-state index is 10.5. The van der Waals surface area contributed by atoms with Crippen LogP contribution in [0.1, 0.15) is 24.2 Å². The highest BCUT2D eigenvalue weighted by Crippen LogP contribution is 2.26. The molecule has 0 amide bonds. The molecular formula is C20H18O. The van der Waals surface area contributed by atoms with Gasteiger partial charge < -0.3 is 5.11 Å². The third kappa shape index (κ3) is 3.04. The molecule has 104 valence electrons. The molecule has 3 rings (SSSR count). The van der Waals surface area contributed by atoms with E-state index in [1.807, 2.05) is 61.5 Å². The van der Waals surface area contributed by atoms with Gasteiger partial charge in [-0.2, -0.15) is 0 Å². The Labute approximate surface area is 125 Å². The van der Waals surface area contributed by atoms with Gasteiger partial charge in [0.05, 0.1) is 0 Å². The Morgan fingerprint density at radius 2 is 1.52 bits per heavy atom. The van der Waals surface area contributed by atoms with Crippen LogP contribution >= 0.6 is 0 Å². The molecule has 0 fully saturated rings. The number of aliphatic hydroxyl groups excluding tert-OH is 1. The Bertz CT molecular complexity index is 772. The van der Waals surface area contributed by atoms with Crippen LogP contribution < -0.4 is 0 Å². The molecule has 1 unspecified atom stereocenters. The van der Waals surface area contributed by atoms with Crippen molar-refractivity contribution >= 4 is 16.8 Å². The van der Waals surface area contributed by atoms with Gasteiger partial charge in [-0.15, -0.1) is 0 Å². The van der Waals surface area contributed by atoms with Crippen molar-refractivity contribution in [2.75, 3.05) is 0 Å². The molecule has 0 aliphatic heterocycles. The largest absolute Gasteiger partial charge is 0.384 e. The van der Waals surface area contributed by atoms with Gasteiger partial charge in [0.15, 0.2) is 0 Å². The quantitative estimate of drug-likeness (QED) is 0.714. The molecule has 3 aromatic rings. The minimum atomic E-state index is -0.574. The van der Waals surface area contributed by atoms with E-state index in [1.165, 1.54) is 5.39 Å². The maximum absolute atomic E-state index is 10.5. The highest BCUT2D eigenvalue weighted by atomic mass is 16.3. The van der Waals surface area contributed by atoms with E-state index < -0.39 is 6.10 Å². The van der Waals surface area contributed by atoms with Gasteiger partial charge in [-0.05, 0) is 40.5 Å². The molecule has 0 spiro atoms. The summed E-state index contributed by atoms with van der Waals surface area (Å²) in [6.45, 7) is 1.97. The molecule has 0 aliphatic rings. The number of rotatable bonds is 3. The van der Waals surface area contributed by atoms with Crippen LogP contribution in [0.25, 0.3) is 16.8 Å². The second kappa shape index (κ2) is 5.94. The van der Waals surface area contributed by atoms with Gasteiger partial charge in [0.1, 0.15) is 6.10 Å². The fourth-order valence-electron chi connectivity index (χ4n) is 2.53. The fourth-order valence-corrected chi connectivity index (χ4v) is 2.53. The second-order valence-corrected chi connectivity index (χ2v) is 5.31. The van der Waals surface area contributed by atoms with Crippen LogP contribution in [0.3, 0.4) is 0 Å². The van der Waals surface area contributed by atoms with Crippen molar-refractivity contribution in [3.8, 4) is 0 Å². The van der Waals surface area contributed by atoms with Crippen molar-refractivity contribution in [3.05, 3.63) is 89.5 Å². The maximum Gasteiger partial charge on any atom is 0.100 e. The first-order valence-electron chi connectivity index (χ1n) is 7.14. The van der Waals surface area contributed by atoms with E-state index in [9.17, 15) is 5.11 Å². The predicted molar refractivity (Wildman–Crippen MR) is 89.0 cm³/mol. The summed E-state index contributed by atoms with van der Waals surface area (Å²) in [6, 6.07) is 24.4. The van der Waals surface area contributed by atoms with Crippen LogP contribution in [0.2, 0.25) is 0 Å². The lowest BCUT2D eigenvalue weighted by Gasteiger charge is -2.13. The molecule has 0 bridgehead atoms. The number of aliphatic hydroxyl groups is 1. The first kappa shape index (κ1) is 13.6. The summed E-state index contributed by atoms with van der Waals surface area (Å²) >= 11 is 0. The average Bonchev–Trinajstić information content (AvgIpc) is 2.54. The topological polar surface area (TPSA) is 20.2 Å². The van der Waals surface area contributed by atoms with E-state index >= 15 is 0 Å². The van der Waals surface area contributed by atoms with Crippen LogP contribution in [0, 0.1) is 0 Å². The summed E-state index contributed by atoms with van der Waals surface area (Å²) in [7, 11) is 0. The van der Waals surface area contributed by atoms with Crippen molar-refractivity contribution < 1.29 is 5.11 Å². The highest BCUT2D eigenvalue weighted by Gasteiger charge is 2.10. The Morgan fingerprint density at radius 3 is 2.29 bits per heavy atom. The van der Waals surface area contributed by atoms with Crippen LogP contribution in [-0.4, -0.2) is 5.11 Å². The first-order chi connectivity index (χ1) is 10.2. The van der Waals surface area contributed by atoms with E-state index in [0.29, 0.717) is 0 Å². The molecule has 0 aliphatic carbocycles. The Hall–Kier alpha value is -2.38. The van der Waals surface area contributed by atoms with Gasteiger partial charge in [0.25, 0.3) is 0 Å². The average molecular weight is 274 g/mol. The molecular weight excluding hydrogens is 256 g/mol. The summed E-state index contributed by atoms with van der Waals surface area (Å²) in [5.74, 6) is 0. The zero-order valence-corrected chi connectivity index (χ0v) is 12.0. The minimum Gasteiger partial charge on any atom is -0.384 e. The Morgan fingerprint density at radius 1 is 0.857 bits per heavy atom. The van der Waals surface area contributed by atoms with Crippen LogP contribution in [0.15, 0.2) is 78.4 Å². The van der Waals surface area contributed by atoms with E-state index in [0.717, 1.165) is 22.1 Å². The minimum absolute atomic E-state index is 0.574. The van der Waals surface area contributed by atoms with Gasteiger partial charge in [-0.1, -0.05) is 72.8 Å². The molecule has 0 saturated heterocycles. The predicted octanol–water partition coefficient (Wildman–Crippen LogP) is 4.98. The standard InChI is InChI=1S/C20H18O/c1-15(13-16-7-3-2-4-8-16)20(21)19-12-11-17-9-5-6-10-18(17)14-19/h2-14,20-21H,1H3/b15-13+. The van der Waals surface area contributed by atoms with Crippen molar-refractivity contribution in [3.63, 3.8) is 0 Å². The first-order valence-corrected chi connectivity index (χ1v) is 7.14. The third-order valence-electron chi connectivity index (χ3n) is 3.71. The van der Waals surface area contributed by atoms with Crippen LogP contribution in [0.5, 0.6) is 0 Å². The Balaban J connectivity index is 1.92. The van der Waals surface area contributed by atoms with Gasteiger partial charge in [0.2, 0.25) is 0 Å². The lowest BCUT2D eigenvalue weighted by Crippen LogP contribution is -1.98. The van der Waals surface area contributed by atoms with Gasteiger partial charge in [0, 0.05) is 0 Å². The zero-order valence-electron chi connectivity index (χ0n) is 12.0. The highest BCUT2D eigenvalue weighted by molar-refractivity contribution is 5.83. The van der Waals surface area contributed by atoms with E-state index in [4.69, 9.17) is 0 Å². The van der Waals surface area contributed by atoms with Gasteiger partial charge in [-0.25, -0.2) is 0 Å². The summed E-state index contributed by atoms with van der Waals surface area (Å²) in [5, 5.41) is 12.9. The lowest BCUT2D eigenvalue weighted by molar-refractivity contribution is 0.217. The van der Waals surface area contributed by atoms with Crippen LogP contribution in [-0.2, 0) is 0 Å². The molecule has 0 saturated carbocycles. The molecule has 3 aromatic carbocycles. The van der Waals surface area contributed by atoms with Crippen molar-refractivity contribution in [2.45, 2.75) is 13.0 Å². The van der Waals surface area contributed by atoms with Gasteiger partial charge in [-0.3, -0.25) is 0 Å². The number of hydrogen-bond donors (Lipinski definition) is 1. The molecule has 1 nitrogen and oxygen atoms in total. The monoisotopic (exact) mass is 274 g/mol. The SMILES string of the molecule is C/C(=C\c1ccccc1)C(O)c1ccc2ccccc2c1. The normalized spacial score (nSPS) is 13.3. The molecule has 1 N–H and O–H groups in total. The molecule has 1 atom stereocenters. The van der Waals surface area contributed by atoms with Gasteiger partial charge >= 0.3 is 0 Å². The molecule has 21 heavy (non-hydrogen) atoms. The van der Waals surface area contributed by atoms with Crippen molar-refractivity contribution in [1.82, 2.24) is 0 Å².